The topological polar surface area (TPSA) is 151 Å². The number of halogens is 4. The Morgan fingerprint density at radius 3 is 2.60 bits per heavy atom. The fourth-order valence-corrected chi connectivity index (χ4v) is 5.91. The van der Waals surface area contributed by atoms with Crippen molar-refractivity contribution in [2.75, 3.05) is 26.0 Å². The van der Waals surface area contributed by atoms with Gasteiger partial charge < -0.3 is 31.0 Å². The van der Waals surface area contributed by atoms with Gasteiger partial charge in [0.2, 0.25) is 5.91 Å². The number of anilines is 1. The minimum Gasteiger partial charge on any atom is -0.495 e. The summed E-state index contributed by atoms with van der Waals surface area (Å²) in [6.45, 7) is 1.71. The number of ether oxygens (including phenoxy) is 3. The van der Waals surface area contributed by atoms with Gasteiger partial charge in [-0.2, -0.15) is 0 Å². The maximum atomic E-state index is 13.5. The highest BCUT2D eigenvalue weighted by Crippen LogP contribution is 2.50. The molecule has 2 fully saturated rings. The van der Waals surface area contributed by atoms with Crippen molar-refractivity contribution in [1.82, 2.24) is 10.3 Å². The summed E-state index contributed by atoms with van der Waals surface area (Å²) in [7, 11) is 1.47. The number of carbonyl (C=O) groups excluding carboxylic acids is 2. The fraction of sp³-hybridized carbons (Fsp3) is 0.394. The third-order valence-electron chi connectivity index (χ3n) is 8.76. The highest BCUT2D eigenvalue weighted by molar-refractivity contribution is 6.34. The second kappa shape index (κ2) is 12.3. The Kier molecular flexibility index (Phi) is 8.45. The van der Waals surface area contributed by atoms with Gasteiger partial charge >= 0.3 is 6.36 Å². The van der Waals surface area contributed by atoms with Crippen LogP contribution >= 0.6 is 11.6 Å². The normalized spacial score (nSPS) is 19.6. The molecule has 0 bridgehead atoms. The quantitative estimate of drug-likeness (QED) is 0.179. The molecule has 2 aliphatic carbocycles. The molecule has 5 N–H and O–H groups in total. The van der Waals surface area contributed by atoms with E-state index in [4.69, 9.17) is 37.5 Å². The van der Waals surface area contributed by atoms with E-state index in [1.165, 1.54) is 19.2 Å². The van der Waals surface area contributed by atoms with Crippen LogP contribution in [0.15, 0.2) is 41.4 Å². The summed E-state index contributed by atoms with van der Waals surface area (Å²) in [4.78, 5) is 35.5. The first kappa shape index (κ1) is 32.4. The summed E-state index contributed by atoms with van der Waals surface area (Å²) < 4.78 is 54.9. The zero-order valence-corrected chi connectivity index (χ0v) is 26.4. The van der Waals surface area contributed by atoms with Gasteiger partial charge in [-0.05, 0) is 62.8 Å². The molecule has 2 amide bonds. The third-order valence-corrected chi connectivity index (χ3v) is 9.15. The highest BCUT2D eigenvalue weighted by atomic mass is 35.5. The molecule has 10 nitrogen and oxygen atoms in total. The van der Waals surface area contributed by atoms with Gasteiger partial charge in [0.25, 0.3) is 5.91 Å². The molecular formula is C33H33ClF3N5O5. The van der Waals surface area contributed by atoms with Crippen molar-refractivity contribution in [3.8, 4) is 28.5 Å². The molecule has 6 rings (SSSR count). The Hall–Kier alpha value is -4.52. The van der Waals surface area contributed by atoms with Crippen molar-refractivity contribution < 1.29 is 37.0 Å². The summed E-state index contributed by atoms with van der Waals surface area (Å²) >= 11 is 6.46. The maximum absolute atomic E-state index is 13.5. The average molecular weight is 672 g/mol. The summed E-state index contributed by atoms with van der Waals surface area (Å²) in [5, 5.41) is 2.67. The van der Waals surface area contributed by atoms with Gasteiger partial charge in [0.1, 0.15) is 35.0 Å². The largest absolute Gasteiger partial charge is 0.573 e. The van der Waals surface area contributed by atoms with Crippen LogP contribution in [0.4, 0.5) is 18.9 Å². The van der Waals surface area contributed by atoms with Crippen LogP contribution in [0.1, 0.15) is 65.7 Å². The zero-order valence-electron chi connectivity index (χ0n) is 25.6. The van der Waals surface area contributed by atoms with E-state index < -0.39 is 23.4 Å². The van der Waals surface area contributed by atoms with Gasteiger partial charge in [0.15, 0.2) is 0 Å². The van der Waals surface area contributed by atoms with E-state index in [1.807, 2.05) is 0 Å². The van der Waals surface area contributed by atoms with Crippen molar-refractivity contribution in [2.45, 2.75) is 56.3 Å². The summed E-state index contributed by atoms with van der Waals surface area (Å²) in [5.41, 5.74) is 13.3. The van der Waals surface area contributed by atoms with E-state index in [9.17, 15) is 22.8 Å². The summed E-state index contributed by atoms with van der Waals surface area (Å²) in [6, 6.07) is 9.15. The predicted molar refractivity (Wildman–Crippen MR) is 169 cm³/mol. The van der Waals surface area contributed by atoms with Crippen molar-refractivity contribution in [2.24, 2.45) is 16.6 Å². The molecule has 0 radical (unpaired) electrons. The Bertz CT molecular complexity index is 1780. The number of aromatic nitrogens is 1. The number of alkyl halides is 3. The number of rotatable bonds is 11. The number of aliphatic imine (C=N–C) groups is 1. The molecular weight excluding hydrogens is 639 g/mol. The summed E-state index contributed by atoms with van der Waals surface area (Å²) in [5.74, 6) is -1.27. The molecule has 1 aliphatic heterocycles. The van der Waals surface area contributed by atoms with Crippen LogP contribution in [0.3, 0.4) is 0 Å². The molecule has 2 aromatic carbocycles. The molecule has 2 saturated carbocycles. The second-order valence-electron chi connectivity index (χ2n) is 12.3. The number of hydrogen-bond acceptors (Lipinski definition) is 8. The maximum Gasteiger partial charge on any atom is 0.573 e. The van der Waals surface area contributed by atoms with Gasteiger partial charge in [-0.1, -0.05) is 23.7 Å². The molecule has 0 saturated heterocycles. The van der Waals surface area contributed by atoms with E-state index in [-0.39, 0.29) is 59.0 Å². The first-order chi connectivity index (χ1) is 22.3. The lowest BCUT2D eigenvalue weighted by Gasteiger charge is -2.23. The van der Waals surface area contributed by atoms with Crippen LogP contribution in [0.25, 0.3) is 11.3 Å². The number of nitrogens with zero attached hydrogens (tertiary/aromatic N) is 2. The predicted octanol–water partition coefficient (Wildman–Crippen LogP) is 5.53. The van der Waals surface area contributed by atoms with E-state index in [2.05, 4.69) is 15.0 Å². The van der Waals surface area contributed by atoms with Crippen molar-refractivity contribution in [3.63, 3.8) is 0 Å². The number of nitrogens with one attached hydrogen (secondary N) is 1. The van der Waals surface area contributed by atoms with Gasteiger partial charge in [-0.25, -0.2) is 4.98 Å². The number of nitrogens with two attached hydrogens (primary N) is 2. The number of fused-ring (bicyclic) bond motifs is 1. The first-order valence-electron chi connectivity index (χ1n) is 15.1. The molecule has 2 heterocycles. The molecule has 2 atom stereocenters. The van der Waals surface area contributed by atoms with E-state index >= 15 is 0 Å². The molecule has 3 aliphatic rings. The summed E-state index contributed by atoms with van der Waals surface area (Å²) in [6.07, 6.45) is 0.440. The third kappa shape index (κ3) is 6.67. The van der Waals surface area contributed by atoms with E-state index in [0.717, 1.165) is 31.7 Å². The van der Waals surface area contributed by atoms with Crippen LogP contribution in [0.2, 0.25) is 5.02 Å². The van der Waals surface area contributed by atoms with E-state index in [1.54, 1.807) is 31.3 Å². The van der Waals surface area contributed by atoms with Crippen LogP contribution in [0, 0.1) is 5.92 Å². The number of hydrogen-bond donors (Lipinski definition) is 3. The van der Waals surface area contributed by atoms with Crippen LogP contribution in [-0.2, 0) is 10.2 Å². The van der Waals surface area contributed by atoms with Crippen molar-refractivity contribution >= 4 is 35.3 Å². The van der Waals surface area contributed by atoms with E-state index in [0.29, 0.717) is 33.8 Å². The van der Waals surface area contributed by atoms with Gasteiger partial charge in [-0.3, -0.25) is 14.6 Å². The molecule has 14 heteroatoms. The lowest BCUT2D eigenvalue weighted by Crippen LogP contribution is -2.40. The minimum absolute atomic E-state index is 0.0949. The Morgan fingerprint density at radius 1 is 1.21 bits per heavy atom. The lowest BCUT2D eigenvalue weighted by atomic mass is 9.82. The molecule has 1 aromatic heterocycles. The first-order valence-corrected chi connectivity index (χ1v) is 15.5. The SMILES string of the molecule is COc1cc(C(=O)NC[C@H](c2cc3c(c(-c4cccc(OC(F)(F)F)c4Cl)n2)OC[C@]3(C)C(N)=O)C2CC2)cc(C=NC2CC2)c1N. The zero-order chi connectivity index (χ0) is 33.7. The number of primary amides is 1. The second-order valence-corrected chi connectivity index (χ2v) is 12.6. The monoisotopic (exact) mass is 671 g/mol. The molecule has 3 aromatic rings. The lowest BCUT2D eigenvalue weighted by molar-refractivity contribution is -0.274. The average Bonchev–Trinajstić information content (AvgIpc) is 3.96. The number of carbonyl (C=O) groups is 2. The number of pyridine rings is 1. The smallest absolute Gasteiger partial charge is 0.495 e. The number of nitrogen functional groups attached to an aromatic ring is 1. The standard InChI is InChI=1S/C33H33ClF3N5O5/c1-32(31(39)44)15-46-29-22(32)12-23(42-28(29)20-4-3-5-24(26(20)34)47-33(35,36)37)21(16-6-7-16)14-41-30(43)17-10-18(13-40-19-8-9-19)27(38)25(11-17)45-2/h3-5,10-13,16,19,21H,6-9,14-15,38H2,1-2H3,(H2,39,44)(H,41,43)/t21-,32-/m0/s1. The number of methoxy groups -OCH3 is 1. The molecule has 47 heavy (non-hydrogen) atoms. The van der Waals surface area contributed by atoms with Crippen LogP contribution in [0.5, 0.6) is 17.2 Å². The van der Waals surface area contributed by atoms with Gasteiger partial charge in [0.05, 0.1) is 23.9 Å². The van der Waals surface area contributed by atoms with Gasteiger partial charge in [-0.15, -0.1) is 13.2 Å². The Balaban J connectivity index is 1.36. The molecule has 0 spiro atoms. The Morgan fingerprint density at radius 2 is 1.96 bits per heavy atom. The fourth-order valence-electron chi connectivity index (χ4n) is 5.66. The van der Waals surface area contributed by atoms with Crippen LogP contribution < -0.4 is 31.0 Å². The molecule has 0 unspecified atom stereocenters. The van der Waals surface area contributed by atoms with Crippen molar-refractivity contribution in [1.29, 1.82) is 0 Å². The van der Waals surface area contributed by atoms with Gasteiger partial charge in [0, 0.05) is 46.6 Å². The number of amides is 2. The Labute approximate surface area is 273 Å². The molecule has 248 valence electrons. The highest BCUT2D eigenvalue weighted by Gasteiger charge is 2.45. The number of benzene rings is 2. The minimum atomic E-state index is -4.98. The van der Waals surface area contributed by atoms with Crippen molar-refractivity contribution in [3.05, 3.63) is 63.8 Å². The van der Waals surface area contributed by atoms with Crippen LogP contribution in [-0.4, -0.2) is 55.7 Å².